The van der Waals surface area contributed by atoms with E-state index in [1.807, 2.05) is 43.5 Å². The topological polar surface area (TPSA) is 48.5 Å². The number of benzene rings is 1. The standard InChI is InChI=1S/C20H25ClN4O/c1-15(17-5-7-18(21)8-6-17)24(2)20(26)23-14-16-9-10-22-19(13-16)25-11-3-4-12-25/h5-10,13,15H,3-4,11-12,14H2,1-2H3,(H,23,26). The Bertz CT molecular complexity index is 744. The molecule has 138 valence electrons. The highest BCUT2D eigenvalue weighted by molar-refractivity contribution is 6.30. The number of urea groups is 1. The predicted molar refractivity (Wildman–Crippen MR) is 106 cm³/mol. The molecule has 1 aliphatic heterocycles. The quantitative estimate of drug-likeness (QED) is 0.854. The maximum absolute atomic E-state index is 12.5. The van der Waals surface area contributed by atoms with Gasteiger partial charge in [0.2, 0.25) is 0 Å². The van der Waals surface area contributed by atoms with E-state index in [-0.39, 0.29) is 12.1 Å². The van der Waals surface area contributed by atoms with Crippen molar-refractivity contribution in [2.75, 3.05) is 25.0 Å². The molecule has 1 unspecified atom stereocenters. The molecule has 0 radical (unpaired) electrons. The Morgan fingerprint density at radius 3 is 2.65 bits per heavy atom. The van der Waals surface area contributed by atoms with Crippen molar-refractivity contribution < 1.29 is 4.79 Å². The van der Waals surface area contributed by atoms with Crippen molar-refractivity contribution in [3.8, 4) is 0 Å². The number of hydrogen-bond donors (Lipinski definition) is 1. The zero-order chi connectivity index (χ0) is 18.5. The van der Waals surface area contributed by atoms with Crippen LogP contribution in [0.1, 0.15) is 36.9 Å². The molecule has 0 aliphatic carbocycles. The molecule has 2 aromatic rings. The number of rotatable bonds is 5. The van der Waals surface area contributed by atoms with Crippen molar-refractivity contribution in [2.24, 2.45) is 0 Å². The Balaban J connectivity index is 1.57. The first kappa shape index (κ1) is 18.5. The fraction of sp³-hybridized carbons (Fsp3) is 0.400. The van der Waals surface area contributed by atoms with Crippen LogP contribution in [0.5, 0.6) is 0 Å². The molecule has 1 N–H and O–H groups in total. The van der Waals surface area contributed by atoms with Crippen molar-refractivity contribution in [2.45, 2.75) is 32.4 Å². The number of anilines is 1. The number of hydrogen-bond acceptors (Lipinski definition) is 3. The SMILES string of the molecule is CC(c1ccc(Cl)cc1)N(C)C(=O)NCc1ccnc(N2CCCC2)c1. The average Bonchev–Trinajstić information content (AvgIpc) is 3.20. The summed E-state index contributed by atoms with van der Waals surface area (Å²) in [5.41, 5.74) is 2.11. The number of aromatic nitrogens is 1. The Hall–Kier alpha value is -2.27. The summed E-state index contributed by atoms with van der Waals surface area (Å²) in [6, 6.07) is 11.4. The third kappa shape index (κ3) is 4.47. The molecule has 1 saturated heterocycles. The summed E-state index contributed by atoms with van der Waals surface area (Å²) in [4.78, 5) is 20.9. The first-order valence-electron chi connectivity index (χ1n) is 9.00. The summed E-state index contributed by atoms with van der Waals surface area (Å²) in [6.07, 6.45) is 4.25. The minimum absolute atomic E-state index is 0.0372. The van der Waals surface area contributed by atoms with Crippen molar-refractivity contribution in [3.63, 3.8) is 0 Å². The van der Waals surface area contributed by atoms with E-state index in [2.05, 4.69) is 21.3 Å². The van der Waals surface area contributed by atoms with Crippen LogP contribution in [0, 0.1) is 0 Å². The zero-order valence-corrected chi connectivity index (χ0v) is 16.0. The summed E-state index contributed by atoms with van der Waals surface area (Å²) >= 11 is 5.93. The highest BCUT2D eigenvalue weighted by Gasteiger charge is 2.18. The number of pyridine rings is 1. The predicted octanol–water partition coefficient (Wildman–Crippen LogP) is 4.24. The third-order valence-corrected chi connectivity index (χ3v) is 5.19. The Morgan fingerprint density at radius 1 is 1.27 bits per heavy atom. The number of nitrogens with one attached hydrogen (secondary N) is 1. The van der Waals surface area contributed by atoms with E-state index in [1.54, 1.807) is 11.9 Å². The number of amides is 2. The van der Waals surface area contributed by atoms with Crippen LogP contribution in [-0.4, -0.2) is 36.1 Å². The minimum atomic E-state index is -0.105. The fourth-order valence-corrected chi connectivity index (χ4v) is 3.26. The largest absolute Gasteiger partial charge is 0.357 e. The summed E-state index contributed by atoms with van der Waals surface area (Å²) in [6.45, 7) is 4.61. The van der Waals surface area contributed by atoms with Gasteiger partial charge in [-0.3, -0.25) is 0 Å². The second-order valence-electron chi connectivity index (χ2n) is 6.71. The minimum Gasteiger partial charge on any atom is -0.357 e. The van der Waals surface area contributed by atoms with Crippen LogP contribution in [0.3, 0.4) is 0 Å². The molecule has 3 rings (SSSR count). The van der Waals surface area contributed by atoms with E-state index in [1.165, 1.54) is 12.8 Å². The number of carbonyl (C=O) groups excluding carboxylic acids is 1. The van der Waals surface area contributed by atoms with Crippen molar-refractivity contribution in [3.05, 3.63) is 58.7 Å². The molecular weight excluding hydrogens is 348 g/mol. The molecule has 1 aromatic heterocycles. The molecular formula is C20H25ClN4O. The van der Waals surface area contributed by atoms with Crippen LogP contribution < -0.4 is 10.2 Å². The van der Waals surface area contributed by atoms with Gasteiger partial charge in [0.1, 0.15) is 5.82 Å². The Kier molecular flexibility index (Phi) is 5.99. The second-order valence-corrected chi connectivity index (χ2v) is 7.15. The normalized spacial score (nSPS) is 15.0. The molecule has 1 aliphatic rings. The van der Waals surface area contributed by atoms with Gasteiger partial charge < -0.3 is 15.1 Å². The van der Waals surface area contributed by atoms with Gasteiger partial charge in [0, 0.05) is 37.9 Å². The van der Waals surface area contributed by atoms with Gasteiger partial charge in [-0.05, 0) is 55.2 Å². The molecule has 0 spiro atoms. The Labute approximate surface area is 160 Å². The smallest absolute Gasteiger partial charge is 0.317 e. The van der Waals surface area contributed by atoms with E-state index < -0.39 is 0 Å². The molecule has 1 aromatic carbocycles. The van der Waals surface area contributed by atoms with Gasteiger partial charge >= 0.3 is 6.03 Å². The van der Waals surface area contributed by atoms with Crippen LogP contribution in [-0.2, 0) is 6.54 Å². The molecule has 5 nitrogen and oxygen atoms in total. The highest BCUT2D eigenvalue weighted by atomic mass is 35.5. The van der Waals surface area contributed by atoms with Gasteiger partial charge in [0.15, 0.2) is 0 Å². The molecule has 6 heteroatoms. The lowest BCUT2D eigenvalue weighted by molar-refractivity contribution is 0.194. The van der Waals surface area contributed by atoms with Crippen LogP contribution >= 0.6 is 11.6 Å². The van der Waals surface area contributed by atoms with Crippen molar-refractivity contribution in [1.82, 2.24) is 15.2 Å². The van der Waals surface area contributed by atoms with E-state index in [9.17, 15) is 4.79 Å². The number of halogens is 1. The van der Waals surface area contributed by atoms with Gasteiger partial charge in [-0.15, -0.1) is 0 Å². The second kappa shape index (κ2) is 8.41. The van der Waals surface area contributed by atoms with Crippen molar-refractivity contribution >= 4 is 23.4 Å². The lowest BCUT2D eigenvalue weighted by atomic mass is 10.1. The molecule has 0 saturated carbocycles. The summed E-state index contributed by atoms with van der Waals surface area (Å²) in [7, 11) is 1.80. The van der Waals surface area contributed by atoms with Gasteiger partial charge in [0.25, 0.3) is 0 Å². The van der Waals surface area contributed by atoms with E-state index in [0.717, 1.165) is 30.0 Å². The number of nitrogens with zero attached hydrogens (tertiary/aromatic N) is 3. The van der Waals surface area contributed by atoms with Crippen LogP contribution in [0.4, 0.5) is 10.6 Å². The molecule has 1 atom stereocenters. The van der Waals surface area contributed by atoms with Gasteiger partial charge in [-0.25, -0.2) is 9.78 Å². The van der Waals surface area contributed by atoms with E-state index >= 15 is 0 Å². The molecule has 2 amide bonds. The first-order chi connectivity index (χ1) is 12.5. The Morgan fingerprint density at radius 2 is 1.96 bits per heavy atom. The fourth-order valence-electron chi connectivity index (χ4n) is 3.13. The van der Waals surface area contributed by atoms with E-state index in [4.69, 9.17) is 11.6 Å². The maximum Gasteiger partial charge on any atom is 0.317 e. The summed E-state index contributed by atoms with van der Waals surface area (Å²) in [5, 5.41) is 3.69. The van der Waals surface area contributed by atoms with Gasteiger partial charge in [0.05, 0.1) is 6.04 Å². The molecule has 1 fully saturated rings. The monoisotopic (exact) mass is 372 g/mol. The van der Waals surface area contributed by atoms with E-state index in [0.29, 0.717) is 11.6 Å². The average molecular weight is 373 g/mol. The first-order valence-corrected chi connectivity index (χ1v) is 9.38. The summed E-state index contributed by atoms with van der Waals surface area (Å²) < 4.78 is 0. The summed E-state index contributed by atoms with van der Waals surface area (Å²) in [5.74, 6) is 0.997. The van der Waals surface area contributed by atoms with Crippen LogP contribution in [0.25, 0.3) is 0 Å². The zero-order valence-electron chi connectivity index (χ0n) is 15.3. The number of carbonyl (C=O) groups is 1. The third-order valence-electron chi connectivity index (χ3n) is 4.94. The van der Waals surface area contributed by atoms with Gasteiger partial charge in [-0.1, -0.05) is 23.7 Å². The maximum atomic E-state index is 12.5. The molecule has 26 heavy (non-hydrogen) atoms. The molecule has 2 heterocycles. The lowest BCUT2D eigenvalue weighted by Gasteiger charge is -2.26. The highest BCUT2D eigenvalue weighted by Crippen LogP contribution is 2.21. The molecule has 0 bridgehead atoms. The van der Waals surface area contributed by atoms with Crippen LogP contribution in [0.2, 0.25) is 5.02 Å². The van der Waals surface area contributed by atoms with Crippen LogP contribution in [0.15, 0.2) is 42.6 Å². The van der Waals surface area contributed by atoms with Crippen molar-refractivity contribution in [1.29, 1.82) is 0 Å². The van der Waals surface area contributed by atoms with Gasteiger partial charge in [-0.2, -0.15) is 0 Å². The lowest BCUT2D eigenvalue weighted by Crippen LogP contribution is -2.38.